The van der Waals surface area contributed by atoms with Gasteiger partial charge in [0.05, 0.1) is 0 Å². The van der Waals surface area contributed by atoms with Gasteiger partial charge in [0.2, 0.25) is 0 Å². The van der Waals surface area contributed by atoms with Gasteiger partial charge in [0.1, 0.15) is 5.82 Å². The van der Waals surface area contributed by atoms with Crippen LogP contribution in [0.15, 0.2) is 12.4 Å². The van der Waals surface area contributed by atoms with Crippen LogP contribution in [0.5, 0.6) is 0 Å². The molecule has 0 aliphatic heterocycles. The van der Waals surface area contributed by atoms with Gasteiger partial charge in [-0.25, -0.2) is 4.98 Å². The summed E-state index contributed by atoms with van der Waals surface area (Å²) in [6, 6.07) is 0.592. The average molecular weight is 180 g/mol. The second kappa shape index (κ2) is 5.05. The zero-order valence-electron chi connectivity index (χ0n) is 8.95. The first-order valence-electron chi connectivity index (χ1n) is 5.31. The molecule has 0 radical (unpaired) electrons. The van der Waals surface area contributed by atoms with Crippen LogP contribution < -0.4 is 0 Å². The van der Waals surface area contributed by atoms with Crippen LogP contribution in [0.2, 0.25) is 0 Å². The van der Waals surface area contributed by atoms with Crippen molar-refractivity contribution in [3.63, 3.8) is 0 Å². The van der Waals surface area contributed by atoms with Crippen LogP contribution in [0, 0.1) is 0 Å². The van der Waals surface area contributed by atoms with Crippen LogP contribution in [0.1, 0.15) is 51.9 Å². The molecule has 1 heterocycles. The Balaban J connectivity index is 2.65. The highest BCUT2D eigenvalue weighted by Gasteiger charge is 2.06. The molecule has 1 atom stereocenters. The van der Waals surface area contributed by atoms with Gasteiger partial charge in [-0.15, -0.1) is 0 Å². The summed E-state index contributed by atoms with van der Waals surface area (Å²) in [6.45, 7) is 6.68. The quantitative estimate of drug-likeness (QED) is 0.680. The van der Waals surface area contributed by atoms with Crippen LogP contribution in [0.25, 0.3) is 0 Å². The lowest BCUT2D eigenvalue weighted by Gasteiger charge is -2.13. The van der Waals surface area contributed by atoms with Gasteiger partial charge in [0, 0.05) is 24.9 Å². The van der Waals surface area contributed by atoms with Gasteiger partial charge < -0.3 is 4.57 Å². The second-order valence-electron chi connectivity index (χ2n) is 3.61. The lowest BCUT2D eigenvalue weighted by Crippen LogP contribution is -2.07. The molecule has 0 fully saturated rings. The predicted molar refractivity (Wildman–Crippen MR) is 55.8 cm³/mol. The van der Waals surface area contributed by atoms with E-state index in [0.29, 0.717) is 6.04 Å². The van der Waals surface area contributed by atoms with Crippen molar-refractivity contribution in [3.8, 4) is 0 Å². The first-order valence-corrected chi connectivity index (χ1v) is 5.31. The van der Waals surface area contributed by atoms with Gasteiger partial charge in [-0.2, -0.15) is 0 Å². The smallest absolute Gasteiger partial charge is 0.108 e. The van der Waals surface area contributed by atoms with Crippen molar-refractivity contribution in [2.45, 2.75) is 52.5 Å². The maximum atomic E-state index is 4.39. The molecule has 13 heavy (non-hydrogen) atoms. The number of rotatable bonds is 5. The molecule has 0 saturated carbocycles. The summed E-state index contributed by atoms with van der Waals surface area (Å²) in [6.07, 6.45) is 8.79. The third-order valence-corrected chi connectivity index (χ3v) is 2.57. The third kappa shape index (κ3) is 2.58. The molecule has 1 aromatic rings. The molecule has 1 unspecified atom stereocenters. The molecule has 0 amide bonds. The Labute approximate surface area is 81.0 Å². The molecule has 0 N–H and O–H groups in total. The molecule has 0 bridgehead atoms. The van der Waals surface area contributed by atoms with Gasteiger partial charge in [0.15, 0.2) is 0 Å². The summed E-state index contributed by atoms with van der Waals surface area (Å²) >= 11 is 0. The van der Waals surface area contributed by atoms with Crippen LogP contribution in [0.4, 0.5) is 0 Å². The molecule has 0 spiro atoms. The third-order valence-electron chi connectivity index (χ3n) is 2.57. The Kier molecular flexibility index (Phi) is 4.00. The molecule has 74 valence electrons. The summed E-state index contributed by atoms with van der Waals surface area (Å²) < 4.78 is 2.30. The summed E-state index contributed by atoms with van der Waals surface area (Å²) in [7, 11) is 0. The minimum atomic E-state index is 0.592. The highest BCUT2D eigenvalue weighted by molar-refractivity contribution is 4.94. The van der Waals surface area contributed by atoms with Gasteiger partial charge in [-0.05, 0) is 19.8 Å². The fourth-order valence-electron chi connectivity index (χ4n) is 1.47. The largest absolute Gasteiger partial charge is 0.332 e. The summed E-state index contributed by atoms with van der Waals surface area (Å²) in [5.74, 6) is 1.25. The number of imidazole rings is 1. The van der Waals surface area contributed by atoms with Crippen LogP contribution >= 0.6 is 0 Å². The molecule has 0 aromatic carbocycles. The van der Waals surface area contributed by atoms with Crippen LogP contribution in [-0.2, 0) is 6.42 Å². The fraction of sp³-hybridized carbons (Fsp3) is 0.727. The Morgan fingerprint density at radius 3 is 2.85 bits per heavy atom. The van der Waals surface area contributed by atoms with E-state index in [9.17, 15) is 0 Å². The highest BCUT2D eigenvalue weighted by Crippen LogP contribution is 2.13. The van der Waals surface area contributed by atoms with Gasteiger partial charge >= 0.3 is 0 Å². The minimum Gasteiger partial charge on any atom is -0.332 e. The molecule has 0 saturated heterocycles. The van der Waals surface area contributed by atoms with Crippen molar-refractivity contribution in [1.29, 1.82) is 0 Å². The van der Waals surface area contributed by atoms with E-state index >= 15 is 0 Å². The Morgan fingerprint density at radius 2 is 2.23 bits per heavy atom. The first kappa shape index (κ1) is 10.3. The lowest BCUT2D eigenvalue weighted by molar-refractivity contribution is 0.504. The average Bonchev–Trinajstić information content (AvgIpc) is 2.61. The Hall–Kier alpha value is -0.790. The number of hydrogen-bond donors (Lipinski definition) is 0. The van der Waals surface area contributed by atoms with E-state index < -0.39 is 0 Å². The van der Waals surface area contributed by atoms with Gasteiger partial charge in [-0.1, -0.05) is 20.3 Å². The first-order chi connectivity index (χ1) is 6.29. The van der Waals surface area contributed by atoms with E-state index in [1.54, 1.807) is 0 Å². The number of aromatic nitrogens is 2. The molecule has 2 heteroatoms. The zero-order chi connectivity index (χ0) is 9.68. The normalized spacial score (nSPS) is 13.2. The van der Waals surface area contributed by atoms with Crippen molar-refractivity contribution >= 4 is 0 Å². The highest BCUT2D eigenvalue weighted by atomic mass is 15.1. The Morgan fingerprint density at radius 1 is 1.46 bits per heavy atom. The minimum absolute atomic E-state index is 0.592. The maximum Gasteiger partial charge on any atom is 0.108 e. The fourth-order valence-corrected chi connectivity index (χ4v) is 1.47. The van der Waals surface area contributed by atoms with Crippen molar-refractivity contribution in [3.05, 3.63) is 18.2 Å². The number of unbranched alkanes of at least 4 members (excludes halogenated alkanes) is 1. The summed E-state index contributed by atoms with van der Waals surface area (Å²) in [5.41, 5.74) is 0. The molecule has 0 aliphatic carbocycles. The van der Waals surface area contributed by atoms with E-state index in [2.05, 4.69) is 36.5 Å². The topological polar surface area (TPSA) is 17.8 Å². The molecular formula is C11H20N2. The standard InChI is InChI=1S/C11H20N2/c1-4-6-7-11-12-8-9-13(11)10(3)5-2/h8-10H,4-7H2,1-3H3. The number of aryl methyl sites for hydroxylation is 1. The predicted octanol–water partition coefficient (Wildman–Crippen LogP) is 3.20. The molecule has 1 rings (SSSR count). The SMILES string of the molecule is CCCCc1nccn1C(C)CC. The monoisotopic (exact) mass is 180 g/mol. The van der Waals surface area contributed by atoms with Crippen molar-refractivity contribution < 1.29 is 0 Å². The van der Waals surface area contributed by atoms with E-state index in [4.69, 9.17) is 0 Å². The maximum absolute atomic E-state index is 4.39. The molecule has 0 aliphatic rings. The second-order valence-corrected chi connectivity index (χ2v) is 3.61. The van der Waals surface area contributed by atoms with E-state index in [-0.39, 0.29) is 0 Å². The van der Waals surface area contributed by atoms with Crippen molar-refractivity contribution in [2.24, 2.45) is 0 Å². The summed E-state index contributed by atoms with van der Waals surface area (Å²) in [5, 5.41) is 0. The van der Waals surface area contributed by atoms with Gasteiger partial charge in [0.25, 0.3) is 0 Å². The van der Waals surface area contributed by atoms with E-state index in [0.717, 1.165) is 6.42 Å². The summed E-state index contributed by atoms with van der Waals surface area (Å²) in [4.78, 5) is 4.39. The van der Waals surface area contributed by atoms with E-state index in [1.165, 1.54) is 25.1 Å². The van der Waals surface area contributed by atoms with Crippen molar-refractivity contribution in [1.82, 2.24) is 9.55 Å². The number of hydrogen-bond acceptors (Lipinski definition) is 1. The molecular weight excluding hydrogens is 160 g/mol. The Bertz CT molecular complexity index is 240. The molecule has 2 nitrogen and oxygen atoms in total. The van der Waals surface area contributed by atoms with Crippen LogP contribution in [-0.4, -0.2) is 9.55 Å². The van der Waals surface area contributed by atoms with Crippen molar-refractivity contribution in [2.75, 3.05) is 0 Å². The van der Waals surface area contributed by atoms with Crippen LogP contribution in [0.3, 0.4) is 0 Å². The zero-order valence-corrected chi connectivity index (χ0v) is 8.95. The van der Waals surface area contributed by atoms with E-state index in [1.807, 2.05) is 6.20 Å². The van der Waals surface area contributed by atoms with Gasteiger partial charge in [-0.3, -0.25) is 0 Å². The lowest BCUT2D eigenvalue weighted by atomic mass is 10.2. The number of nitrogens with zero attached hydrogens (tertiary/aromatic N) is 2. The molecule has 1 aromatic heterocycles.